The van der Waals surface area contributed by atoms with Gasteiger partial charge in [0.1, 0.15) is 5.82 Å². The molecule has 0 aliphatic heterocycles. The number of hydrogen-bond donors (Lipinski definition) is 3. The van der Waals surface area contributed by atoms with Crippen LogP contribution in [0.25, 0.3) is 10.9 Å². The van der Waals surface area contributed by atoms with Crippen molar-refractivity contribution in [3.8, 4) is 0 Å². The van der Waals surface area contributed by atoms with Gasteiger partial charge in [-0.1, -0.05) is 40.2 Å². The minimum absolute atomic E-state index is 0. The SMILES string of the molecule is CC.CC=N/C(=C\C)CN(CC(C)CC)C(=O)C(=O)Nc1cnc(N)c2cn[nH]c12.[CH3-].[Na+]. The van der Waals surface area contributed by atoms with Crippen LogP contribution in [-0.4, -0.2) is 51.2 Å². The topological polar surface area (TPSA) is 129 Å². The fourth-order valence-electron chi connectivity index (χ4n) is 2.66. The van der Waals surface area contributed by atoms with Gasteiger partial charge in [0, 0.05) is 12.8 Å². The van der Waals surface area contributed by atoms with Crippen molar-refractivity contribution in [1.29, 1.82) is 0 Å². The van der Waals surface area contributed by atoms with Gasteiger partial charge in [0.05, 0.1) is 41.2 Å². The minimum Gasteiger partial charge on any atom is -0.383 e. The summed E-state index contributed by atoms with van der Waals surface area (Å²) in [5, 5.41) is 9.88. The Kier molecular flexibility index (Phi) is 16.4. The molecule has 2 aromatic rings. The molecule has 0 aliphatic rings. The minimum atomic E-state index is -0.748. The van der Waals surface area contributed by atoms with E-state index in [0.29, 0.717) is 29.0 Å². The number of aromatic nitrogens is 3. The number of nitrogens with two attached hydrogens (primary N) is 1. The van der Waals surface area contributed by atoms with Gasteiger partial charge in [0.25, 0.3) is 0 Å². The number of carbonyl (C=O) groups excluding carboxylic acids is 2. The van der Waals surface area contributed by atoms with Gasteiger partial charge in [-0.2, -0.15) is 5.10 Å². The number of amides is 2. The number of fused-ring (bicyclic) bond motifs is 1. The Morgan fingerprint density at radius 1 is 1.31 bits per heavy atom. The number of allylic oxidation sites excluding steroid dienone is 1. The summed E-state index contributed by atoms with van der Waals surface area (Å²) >= 11 is 0. The van der Waals surface area contributed by atoms with Crippen LogP contribution in [0.2, 0.25) is 0 Å². The molecule has 0 bridgehead atoms. The van der Waals surface area contributed by atoms with Crippen molar-refractivity contribution in [2.45, 2.75) is 48.0 Å². The second kappa shape index (κ2) is 16.4. The van der Waals surface area contributed by atoms with Gasteiger partial charge in [-0.3, -0.25) is 19.7 Å². The zero-order valence-corrected chi connectivity index (χ0v) is 22.7. The van der Waals surface area contributed by atoms with Crippen molar-refractivity contribution < 1.29 is 39.1 Å². The predicted molar refractivity (Wildman–Crippen MR) is 129 cm³/mol. The van der Waals surface area contributed by atoms with E-state index in [1.807, 2.05) is 40.7 Å². The van der Waals surface area contributed by atoms with Gasteiger partial charge in [-0.05, 0) is 19.8 Å². The molecule has 0 saturated carbocycles. The summed E-state index contributed by atoms with van der Waals surface area (Å²) in [5.41, 5.74) is 7.39. The molecule has 4 N–H and O–H groups in total. The molecule has 1 atom stereocenters. The van der Waals surface area contributed by atoms with E-state index in [2.05, 4.69) is 25.5 Å². The fraction of sp³-hybridized carbons (Fsp3) is 0.455. The van der Waals surface area contributed by atoms with Crippen molar-refractivity contribution in [2.24, 2.45) is 10.9 Å². The molecule has 0 aromatic carbocycles. The van der Waals surface area contributed by atoms with Crippen molar-refractivity contribution in [3.05, 3.63) is 31.6 Å². The van der Waals surface area contributed by atoms with E-state index in [1.54, 1.807) is 13.1 Å². The molecule has 1 unspecified atom stereocenters. The normalized spacial score (nSPS) is 11.6. The van der Waals surface area contributed by atoms with E-state index in [-0.39, 0.29) is 49.4 Å². The summed E-state index contributed by atoms with van der Waals surface area (Å²) in [6.45, 7) is 12.5. The van der Waals surface area contributed by atoms with E-state index < -0.39 is 11.8 Å². The quantitative estimate of drug-likeness (QED) is 0.247. The van der Waals surface area contributed by atoms with Gasteiger partial charge in [-0.15, -0.1) is 0 Å². The van der Waals surface area contributed by atoms with E-state index in [1.165, 1.54) is 17.3 Å². The molecule has 0 spiro atoms. The Balaban J connectivity index is 0. The van der Waals surface area contributed by atoms with Crippen LogP contribution in [0, 0.1) is 13.3 Å². The molecule has 0 aliphatic carbocycles. The van der Waals surface area contributed by atoms with Crippen molar-refractivity contribution in [1.82, 2.24) is 20.1 Å². The first kappa shape index (κ1) is 32.0. The van der Waals surface area contributed by atoms with Crippen LogP contribution in [0.1, 0.15) is 48.0 Å². The first-order valence-corrected chi connectivity index (χ1v) is 10.2. The maximum Gasteiger partial charge on any atom is 1.00 e. The number of H-pyrrole nitrogens is 1. The van der Waals surface area contributed by atoms with Crippen molar-refractivity contribution in [2.75, 3.05) is 24.1 Å². The summed E-state index contributed by atoms with van der Waals surface area (Å²) < 4.78 is 0. The molecule has 32 heavy (non-hydrogen) atoms. The number of aromatic amines is 1. The van der Waals surface area contributed by atoms with Crippen LogP contribution in [0.15, 0.2) is 29.2 Å². The molecule has 0 radical (unpaired) electrons. The molecule has 2 rings (SSSR count). The summed E-state index contributed by atoms with van der Waals surface area (Å²) in [5.74, 6) is -0.836. The number of carbonyl (C=O) groups is 2. The van der Waals surface area contributed by atoms with Crippen LogP contribution in [0.3, 0.4) is 0 Å². The number of rotatable bonds is 7. The van der Waals surface area contributed by atoms with Gasteiger partial charge in [0.2, 0.25) is 0 Å². The van der Waals surface area contributed by atoms with Crippen LogP contribution in [0.5, 0.6) is 0 Å². The largest absolute Gasteiger partial charge is 1.00 e. The molecule has 2 amide bonds. The standard InChI is InChI=1S/C19H27N7O2.C2H6.CH3.Na/c1-5-12(4)10-26(11-13(6-2)21-7-3)19(28)18(27)24-15-9-22-17(20)14-8-23-25-16(14)15;1-2;;/h6-9,12H,5,10-11H2,1-4H3,(H2,20,22)(H,23,25)(H,24,27);1-2H3;1H3;/q;;-1;+1/b13-6-,21-7?;;;. The molecular weight excluding hydrogens is 417 g/mol. The summed E-state index contributed by atoms with van der Waals surface area (Å²) in [6, 6.07) is 0. The Bertz CT molecular complexity index is 909. The van der Waals surface area contributed by atoms with E-state index in [9.17, 15) is 9.59 Å². The Morgan fingerprint density at radius 2 is 1.97 bits per heavy atom. The van der Waals surface area contributed by atoms with Crippen LogP contribution in [-0.2, 0) is 9.59 Å². The fourth-order valence-corrected chi connectivity index (χ4v) is 2.66. The number of aliphatic imine (C=N–C) groups is 1. The average Bonchev–Trinajstić information content (AvgIpc) is 3.26. The summed E-state index contributed by atoms with van der Waals surface area (Å²) in [6.07, 6.45) is 7.30. The maximum atomic E-state index is 12.9. The number of anilines is 2. The Labute approximate surface area is 213 Å². The van der Waals surface area contributed by atoms with Crippen LogP contribution >= 0.6 is 0 Å². The second-order valence-corrected chi connectivity index (χ2v) is 6.54. The van der Waals surface area contributed by atoms with E-state index in [0.717, 1.165) is 12.1 Å². The first-order valence-electron chi connectivity index (χ1n) is 10.2. The number of nitrogens with zero attached hydrogens (tertiary/aromatic N) is 4. The van der Waals surface area contributed by atoms with Crippen LogP contribution in [0.4, 0.5) is 11.5 Å². The number of pyridine rings is 1. The molecular formula is C22H36N7NaO2. The first-order chi connectivity index (χ1) is 14.4. The van der Waals surface area contributed by atoms with Gasteiger partial charge in [0.15, 0.2) is 0 Å². The van der Waals surface area contributed by atoms with Gasteiger partial charge < -0.3 is 23.4 Å². The summed E-state index contributed by atoms with van der Waals surface area (Å²) in [7, 11) is 0. The molecule has 2 aromatic heterocycles. The van der Waals surface area contributed by atoms with Crippen molar-refractivity contribution >= 4 is 40.4 Å². The molecule has 0 fully saturated rings. The Morgan fingerprint density at radius 3 is 2.53 bits per heavy atom. The molecule has 10 heteroatoms. The van der Waals surface area contributed by atoms with Gasteiger partial charge in [-0.25, -0.2) is 4.98 Å². The third-order valence-corrected chi connectivity index (χ3v) is 4.46. The second-order valence-electron chi connectivity index (χ2n) is 6.54. The molecule has 2 heterocycles. The molecule has 9 nitrogen and oxygen atoms in total. The Hall–Kier alpha value is -2.23. The number of nitrogen functional groups attached to an aromatic ring is 1. The number of hydrogen-bond acceptors (Lipinski definition) is 6. The number of nitrogens with one attached hydrogen (secondary N) is 2. The van der Waals surface area contributed by atoms with E-state index >= 15 is 0 Å². The third-order valence-electron chi connectivity index (χ3n) is 4.46. The average molecular weight is 454 g/mol. The molecule has 172 valence electrons. The molecule has 0 saturated heterocycles. The maximum absolute atomic E-state index is 12.9. The zero-order valence-electron chi connectivity index (χ0n) is 20.7. The van der Waals surface area contributed by atoms with E-state index in [4.69, 9.17) is 5.73 Å². The zero-order chi connectivity index (χ0) is 22.7. The van der Waals surface area contributed by atoms with Gasteiger partial charge >= 0.3 is 41.4 Å². The van der Waals surface area contributed by atoms with Crippen molar-refractivity contribution in [3.63, 3.8) is 0 Å². The monoisotopic (exact) mass is 453 g/mol. The third kappa shape index (κ3) is 8.72. The van der Waals surface area contributed by atoms with Crippen LogP contribution < -0.4 is 40.6 Å². The summed E-state index contributed by atoms with van der Waals surface area (Å²) in [4.78, 5) is 35.3. The predicted octanol–water partition coefficient (Wildman–Crippen LogP) is 0.828. The smallest absolute Gasteiger partial charge is 0.383 e.